The zero-order valence-corrected chi connectivity index (χ0v) is 11.4. The Morgan fingerprint density at radius 2 is 1.80 bits per heavy atom. The number of aryl methyl sites for hydroxylation is 1. The molecule has 0 radical (unpaired) electrons. The van der Waals surface area contributed by atoms with Crippen molar-refractivity contribution in [3.63, 3.8) is 0 Å². The van der Waals surface area contributed by atoms with Crippen molar-refractivity contribution in [2.45, 2.75) is 11.8 Å². The van der Waals surface area contributed by atoms with E-state index in [1.807, 2.05) is 6.07 Å². The van der Waals surface area contributed by atoms with Crippen molar-refractivity contribution < 1.29 is 12.8 Å². The Balaban J connectivity index is 2.42. The third kappa shape index (κ3) is 2.78. The summed E-state index contributed by atoms with van der Waals surface area (Å²) >= 11 is 0. The molecule has 2 aromatic carbocycles. The number of nitrogens with zero attached hydrogens (tertiary/aromatic N) is 1. The van der Waals surface area contributed by atoms with Crippen LogP contribution in [0, 0.1) is 24.1 Å². The third-order valence-electron chi connectivity index (χ3n) is 2.75. The minimum Gasteiger partial charge on any atom is -0.278 e. The lowest BCUT2D eigenvalue weighted by Gasteiger charge is -2.10. The van der Waals surface area contributed by atoms with E-state index in [0.29, 0.717) is 5.56 Å². The number of rotatable bonds is 3. The van der Waals surface area contributed by atoms with Crippen LogP contribution in [0.15, 0.2) is 47.4 Å². The molecule has 0 unspecified atom stereocenters. The summed E-state index contributed by atoms with van der Waals surface area (Å²) in [5.41, 5.74) is 1.14. The van der Waals surface area contributed by atoms with Gasteiger partial charge in [0.1, 0.15) is 11.9 Å². The fourth-order valence-electron chi connectivity index (χ4n) is 1.72. The van der Waals surface area contributed by atoms with Gasteiger partial charge in [-0.2, -0.15) is 5.26 Å². The fraction of sp³-hybridized carbons (Fsp3) is 0.0714. The Kier molecular flexibility index (Phi) is 3.72. The van der Waals surface area contributed by atoms with Gasteiger partial charge in [0.25, 0.3) is 10.0 Å². The molecule has 0 saturated carbocycles. The number of hydrogen-bond donors (Lipinski definition) is 1. The van der Waals surface area contributed by atoms with Gasteiger partial charge in [-0.1, -0.05) is 12.1 Å². The van der Waals surface area contributed by atoms with Gasteiger partial charge in [0, 0.05) is 0 Å². The average molecular weight is 290 g/mol. The molecule has 0 spiro atoms. The van der Waals surface area contributed by atoms with Crippen molar-refractivity contribution >= 4 is 15.7 Å². The predicted octanol–water partition coefficient (Wildman–Crippen LogP) is 2.81. The standard InChI is InChI=1S/C14H11FN2O2S/c1-10-3-2-4-14(13(10)9-16)17-20(18,19)12-7-5-11(15)6-8-12/h2-8,17H,1H3. The Hall–Kier alpha value is -2.39. The highest BCUT2D eigenvalue weighted by Gasteiger charge is 2.16. The molecule has 0 heterocycles. The Bertz CT molecular complexity index is 778. The van der Waals surface area contributed by atoms with Gasteiger partial charge in [-0.3, -0.25) is 4.72 Å². The van der Waals surface area contributed by atoms with Gasteiger partial charge in [-0.05, 0) is 42.8 Å². The average Bonchev–Trinajstić information content (AvgIpc) is 2.39. The van der Waals surface area contributed by atoms with Crippen LogP contribution < -0.4 is 4.72 Å². The molecule has 0 aliphatic heterocycles. The first-order valence-corrected chi connectivity index (χ1v) is 7.20. The minimum atomic E-state index is -3.85. The Labute approximate surface area is 116 Å². The normalized spacial score (nSPS) is 10.8. The van der Waals surface area contributed by atoms with Crippen LogP contribution in [0.4, 0.5) is 10.1 Å². The van der Waals surface area contributed by atoms with Gasteiger partial charge < -0.3 is 0 Å². The summed E-state index contributed by atoms with van der Waals surface area (Å²) in [5, 5.41) is 9.07. The minimum absolute atomic E-state index is 0.0655. The van der Waals surface area contributed by atoms with E-state index >= 15 is 0 Å². The number of sulfonamides is 1. The Morgan fingerprint density at radius 1 is 1.15 bits per heavy atom. The number of nitriles is 1. The van der Waals surface area contributed by atoms with E-state index in [4.69, 9.17) is 5.26 Å². The second-order valence-corrected chi connectivity index (χ2v) is 5.85. The van der Waals surface area contributed by atoms with Gasteiger partial charge in [0.15, 0.2) is 0 Å². The number of anilines is 1. The second-order valence-electron chi connectivity index (χ2n) is 4.17. The molecule has 4 nitrogen and oxygen atoms in total. The van der Waals surface area contributed by atoms with E-state index in [9.17, 15) is 12.8 Å². The second kappa shape index (κ2) is 5.31. The van der Waals surface area contributed by atoms with Crippen molar-refractivity contribution in [2.24, 2.45) is 0 Å². The van der Waals surface area contributed by atoms with Crippen molar-refractivity contribution in [3.05, 3.63) is 59.4 Å². The largest absolute Gasteiger partial charge is 0.278 e. The van der Waals surface area contributed by atoms with E-state index in [-0.39, 0.29) is 16.1 Å². The van der Waals surface area contributed by atoms with Gasteiger partial charge in [0.2, 0.25) is 0 Å². The van der Waals surface area contributed by atoms with Crippen LogP contribution in [0.25, 0.3) is 0 Å². The zero-order valence-electron chi connectivity index (χ0n) is 10.6. The number of hydrogen-bond acceptors (Lipinski definition) is 3. The third-order valence-corrected chi connectivity index (χ3v) is 4.13. The summed E-state index contributed by atoms with van der Waals surface area (Å²) in [6.07, 6.45) is 0. The fourth-order valence-corrected chi connectivity index (χ4v) is 2.79. The molecule has 0 saturated heterocycles. The number of benzene rings is 2. The van der Waals surface area contributed by atoms with Gasteiger partial charge >= 0.3 is 0 Å². The topological polar surface area (TPSA) is 70.0 Å². The van der Waals surface area contributed by atoms with Crippen LogP contribution in [-0.2, 0) is 10.0 Å². The summed E-state index contributed by atoms with van der Waals surface area (Å²) in [7, 11) is -3.85. The maximum atomic E-state index is 12.8. The zero-order chi connectivity index (χ0) is 14.8. The molecular formula is C14H11FN2O2S. The lowest BCUT2D eigenvalue weighted by molar-refractivity contribution is 0.599. The molecule has 0 aliphatic rings. The molecule has 0 fully saturated rings. The smallest absolute Gasteiger partial charge is 0.261 e. The van der Waals surface area contributed by atoms with Crippen LogP contribution in [0.5, 0.6) is 0 Å². The van der Waals surface area contributed by atoms with Crippen molar-refractivity contribution in [1.82, 2.24) is 0 Å². The molecule has 102 valence electrons. The summed E-state index contributed by atoms with van der Waals surface area (Å²) in [4.78, 5) is -0.0655. The molecule has 0 aliphatic carbocycles. The SMILES string of the molecule is Cc1cccc(NS(=O)(=O)c2ccc(F)cc2)c1C#N. The summed E-state index contributed by atoms with van der Waals surface area (Å²) in [6, 6.07) is 11.3. The molecular weight excluding hydrogens is 279 g/mol. The highest BCUT2D eigenvalue weighted by molar-refractivity contribution is 7.92. The van der Waals surface area contributed by atoms with Crippen LogP contribution in [-0.4, -0.2) is 8.42 Å². The monoisotopic (exact) mass is 290 g/mol. The maximum absolute atomic E-state index is 12.8. The lowest BCUT2D eigenvalue weighted by atomic mass is 10.1. The Morgan fingerprint density at radius 3 is 2.40 bits per heavy atom. The highest BCUT2D eigenvalue weighted by atomic mass is 32.2. The van der Waals surface area contributed by atoms with E-state index < -0.39 is 15.8 Å². The van der Waals surface area contributed by atoms with Crippen molar-refractivity contribution in [1.29, 1.82) is 5.26 Å². The number of nitrogens with one attached hydrogen (secondary N) is 1. The highest BCUT2D eigenvalue weighted by Crippen LogP contribution is 2.22. The van der Waals surface area contributed by atoms with Crippen LogP contribution in [0.2, 0.25) is 0 Å². The lowest BCUT2D eigenvalue weighted by Crippen LogP contribution is -2.14. The quantitative estimate of drug-likeness (QED) is 0.945. The van der Waals surface area contributed by atoms with Gasteiger partial charge in [-0.25, -0.2) is 12.8 Å². The molecule has 1 N–H and O–H groups in total. The van der Waals surface area contributed by atoms with Crippen LogP contribution >= 0.6 is 0 Å². The summed E-state index contributed by atoms with van der Waals surface area (Å²) in [6.45, 7) is 1.72. The van der Waals surface area contributed by atoms with Crippen molar-refractivity contribution in [3.8, 4) is 6.07 Å². The molecule has 0 amide bonds. The van der Waals surface area contributed by atoms with Crippen LogP contribution in [0.1, 0.15) is 11.1 Å². The number of halogens is 1. The first-order valence-electron chi connectivity index (χ1n) is 5.72. The molecule has 0 bridgehead atoms. The van der Waals surface area contributed by atoms with Gasteiger partial charge in [0.05, 0.1) is 16.1 Å². The van der Waals surface area contributed by atoms with E-state index in [0.717, 1.165) is 12.1 Å². The molecule has 2 aromatic rings. The van der Waals surface area contributed by atoms with Gasteiger partial charge in [-0.15, -0.1) is 0 Å². The maximum Gasteiger partial charge on any atom is 0.261 e. The molecule has 20 heavy (non-hydrogen) atoms. The summed E-state index contributed by atoms with van der Waals surface area (Å²) in [5.74, 6) is -0.516. The molecule has 6 heteroatoms. The molecule has 0 atom stereocenters. The van der Waals surface area contributed by atoms with Crippen molar-refractivity contribution in [2.75, 3.05) is 4.72 Å². The molecule has 0 aromatic heterocycles. The van der Waals surface area contributed by atoms with E-state index in [1.165, 1.54) is 18.2 Å². The van der Waals surface area contributed by atoms with E-state index in [1.54, 1.807) is 19.1 Å². The van der Waals surface area contributed by atoms with Crippen LogP contribution in [0.3, 0.4) is 0 Å². The van der Waals surface area contributed by atoms with E-state index in [2.05, 4.69) is 4.72 Å². The predicted molar refractivity (Wildman–Crippen MR) is 73.1 cm³/mol. The first-order chi connectivity index (χ1) is 9.44. The summed E-state index contributed by atoms with van der Waals surface area (Å²) < 4.78 is 39.5. The molecule has 2 rings (SSSR count). The first kappa shape index (κ1) is 14.0.